The van der Waals surface area contributed by atoms with Crippen LogP contribution in [-0.4, -0.2) is 13.3 Å². The molecule has 1 rings (SSSR count). The van der Waals surface area contributed by atoms with Gasteiger partial charge in [-0.3, -0.25) is 0 Å². The largest absolute Gasteiger partial charge is 0.301 e. The Morgan fingerprint density at radius 2 is 2.33 bits per heavy atom. The van der Waals surface area contributed by atoms with Gasteiger partial charge >= 0.3 is 0 Å². The summed E-state index contributed by atoms with van der Waals surface area (Å²) >= 11 is 0. The highest BCUT2D eigenvalue weighted by atomic mass is 14.6. The SMILES string of the molecule is CC=C1CC[C@H](C)[C@H]1CC=NC. The Kier molecular flexibility index (Phi) is 3.51. The normalized spacial score (nSPS) is 33.8. The first kappa shape index (κ1) is 9.50. The van der Waals surface area contributed by atoms with Gasteiger partial charge in [0, 0.05) is 7.05 Å². The lowest BCUT2D eigenvalue weighted by Crippen LogP contribution is -2.06. The zero-order valence-corrected chi connectivity index (χ0v) is 8.38. The van der Waals surface area contributed by atoms with E-state index in [9.17, 15) is 0 Å². The molecule has 0 aromatic rings. The quantitative estimate of drug-likeness (QED) is 0.440. The second-order valence-electron chi connectivity index (χ2n) is 3.66. The molecule has 1 aliphatic rings. The summed E-state index contributed by atoms with van der Waals surface area (Å²) in [7, 11) is 1.86. The molecule has 1 fully saturated rings. The first-order valence-corrected chi connectivity index (χ1v) is 4.85. The van der Waals surface area contributed by atoms with Crippen molar-refractivity contribution in [3.05, 3.63) is 11.6 Å². The van der Waals surface area contributed by atoms with Crippen LogP contribution in [0, 0.1) is 11.8 Å². The molecule has 0 aromatic heterocycles. The summed E-state index contributed by atoms with van der Waals surface area (Å²) in [4.78, 5) is 4.05. The van der Waals surface area contributed by atoms with Crippen molar-refractivity contribution in [1.82, 2.24) is 0 Å². The zero-order valence-electron chi connectivity index (χ0n) is 8.38. The number of rotatable bonds is 2. The molecule has 0 aromatic carbocycles. The van der Waals surface area contributed by atoms with Crippen LogP contribution in [0.4, 0.5) is 0 Å². The van der Waals surface area contributed by atoms with Crippen LogP contribution >= 0.6 is 0 Å². The molecule has 0 spiro atoms. The van der Waals surface area contributed by atoms with Crippen LogP contribution in [0.5, 0.6) is 0 Å². The predicted octanol–water partition coefficient (Wildman–Crippen LogP) is 3.07. The Balaban J connectivity index is 2.58. The average Bonchev–Trinajstić information content (AvgIpc) is 2.43. The van der Waals surface area contributed by atoms with Gasteiger partial charge < -0.3 is 4.99 Å². The van der Waals surface area contributed by atoms with Gasteiger partial charge in [-0.2, -0.15) is 0 Å². The average molecular weight is 165 g/mol. The van der Waals surface area contributed by atoms with Crippen LogP contribution in [0.25, 0.3) is 0 Å². The van der Waals surface area contributed by atoms with Crippen molar-refractivity contribution in [3.8, 4) is 0 Å². The highest BCUT2D eigenvalue weighted by molar-refractivity contribution is 5.58. The van der Waals surface area contributed by atoms with Crippen LogP contribution in [0.15, 0.2) is 16.6 Å². The molecule has 1 aliphatic carbocycles. The molecule has 2 atom stereocenters. The van der Waals surface area contributed by atoms with Crippen LogP contribution in [0.3, 0.4) is 0 Å². The van der Waals surface area contributed by atoms with Crippen LogP contribution < -0.4 is 0 Å². The minimum absolute atomic E-state index is 0.777. The lowest BCUT2D eigenvalue weighted by atomic mass is 9.92. The van der Waals surface area contributed by atoms with Crippen molar-refractivity contribution >= 4 is 6.21 Å². The van der Waals surface area contributed by atoms with E-state index in [1.807, 2.05) is 7.05 Å². The van der Waals surface area contributed by atoms with Crippen molar-refractivity contribution < 1.29 is 0 Å². The highest BCUT2D eigenvalue weighted by Crippen LogP contribution is 2.37. The molecule has 0 radical (unpaired) electrons. The minimum atomic E-state index is 0.777. The maximum atomic E-state index is 4.05. The molecule has 68 valence electrons. The van der Waals surface area contributed by atoms with Crippen LogP contribution in [0.1, 0.15) is 33.1 Å². The Labute approximate surface area is 75.6 Å². The summed E-state index contributed by atoms with van der Waals surface area (Å²) in [6, 6.07) is 0. The molecule has 0 amide bonds. The van der Waals surface area contributed by atoms with E-state index in [0.717, 1.165) is 18.3 Å². The standard InChI is InChI=1S/C11H19N/c1-4-10-6-5-9(2)11(10)7-8-12-3/h4,8-9,11H,5-7H2,1-3H3/t9-,11+/m0/s1. The molecule has 1 nitrogen and oxygen atoms in total. The number of allylic oxidation sites excluding steroid dienone is 2. The van der Waals surface area contributed by atoms with E-state index in [1.54, 1.807) is 5.57 Å². The third kappa shape index (κ3) is 1.96. The Morgan fingerprint density at radius 3 is 2.92 bits per heavy atom. The minimum Gasteiger partial charge on any atom is -0.301 e. The van der Waals surface area contributed by atoms with E-state index in [1.165, 1.54) is 12.8 Å². The van der Waals surface area contributed by atoms with Crippen molar-refractivity contribution in [3.63, 3.8) is 0 Å². The van der Waals surface area contributed by atoms with E-state index < -0.39 is 0 Å². The maximum Gasteiger partial charge on any atom is 0.0273 e. The molecule has 0 heterocycles. The van der Waals surface area contributed by atoms with Crippen molar-refractivity contribution in [2.24, 2.45) is 16.8 Å². The zero-order chi connectivity index (χ0) is 8.97. The summed E-state index contributed by atoms with van der Waals surface area (Å²) in [6.07, 6.45) is 8.15. The smallest absolute Gasteiger partial charge is 0.0273 e. The summed E-state index contributed by atoms with van der Waals surface area (Å²) in [5.41, 5.74) is 1.64. The summed E-state index contributed by atoms with van der Waals surface area (Å²) in [6.45, 7) is 4.51. The number of nitrogens with zero attached hydrogens (tertiary/aromatic N) is 1. The molecule has 12 heavy (non-hydrogen) atoms. The van der Waals surface area contributed by atoms with E-state index in [0.29, 0.717) is 0 Å². The summed E-state index contributed by atoms with van der Waals surface area (Å²) in [5, 5.41) is 0. The van der Waals surface area contributed by atoms with Gasteiger partial charge in [-0.25, -0.2) is 0 Å². The summed E-state index contributed by atoms with van der Waals surface area (Å²) in [5.74, 6) is 1.63. The molecule has 0 N–H and O–H groups in total. The van der Waals surface area contributed by atoms with E-state index >= 15 is 0 Å². The molecule has 0 saturated heterocycles. The molecule has 0 bridgehead atoms. The van der Waals surface area contributed by atoms with Crippen molar-refractivity contribution in [2.45, 2.75) is 33.1 Å². The van der Waals surface area contributed by atoms with Gasteiger partial charge in [-0.1, -0.05) is 18.6 Å². The molecular weight excluding hydrogens is 146 g/mol. The summed E-state index contributed by atoms with van der Waals surface area (Å²) < 4.78 is 0. The Hall–Kier alpha value is -0.590. The second kappa shape index (κ2) is 4.44. The lowest BCUT2D eigenvalue weighted by Gasteiger charge is -2.13. The van der Waals surface area contributed by atoms with Gasteiger partial charge in [0.05, 0.1) is 0 Å². The van der Waals surface area contributed by atoms with Crippen LogP contribution in [-0.2, 0) is 0 Å². The lowest BCUT2D eigenvalue weighted by molar-refractivity contribution is 0.474. The number of hydrogen-bond acceptors (Lipinski definition) is 1. The van der Waals surface area contributed by atoms with E-state index in [-0.39, 0.29) is 0 Å². The third-order valence-electron chi connectivity index (χ3n) is 2.96. The molecular formula is C11H19N. The van der Waals surface area contributed by atoms with Gasteiger partial charge in [0.1, 0.15) is 0 Å². The van der Waals surface area contributed by atoms with Gasteiger partial charge in [0.2, 0.25) is 0 Å². The molecule has 1 saturated carbocycles. The fraction of sp³-hybridized carbons (Fsp3) is 0.727. The predicted molar refractivity (Wildman–Crippen MR) is 54.7 cm³/mol. The molecule has 1 heteroatoms. The van der Waals surface area contributed by atoms with Crippen molar-refractivity contribution in [1.29, 1.82) is 0 Å². The fourth-order valence-corrected chi connectivity index (χ4v) is 2.11. The van der Waals surface area contributed by atoms with Gasteiger partial charge in [0.25, 0.3) is 0 Å². The highest BCUT2D eigenvalue weighted by Gasteiger charge is 2.26. The number of hydrogen-bond donors (Lipinski definition) is 0. The number of aliphatic imine (C=N–C) groups is 1. The fourth-order valence-electron chi connectivity index (χ4n) is 2.11. The third-order valence-corrected chi connectivity index (χ3v) is 2.96. The van der Waals surface area contributed by atoms with Crippen molar-refractivity contribution in [2.75, 3.05) is 7.05 Å². The van der Waals surface area contributed by atoms with E-state index in [2.05, 4.69) is 31.1 Å². The maximum absolute atomic E-state index is 4.05. The van der Waals surface area contributed by atoms with E-state index in [4.69, 9.17) is 0 Å². The molecule has 0 aliphatic heterocycles. The first-order valence-electron chi connectivity index (χ1n) is 4.85. The first-order chi connectivity index (χ1) is 5.79. The van der Waals surface area contributed by atoms with Gasteiger partial charge in [0.15, 0.2) is 0 Å². The van der Waals surface area contributed by atoms with Gasteiger partial charge in [-0.15, -0.1) is 0 Å². The Bertz CT molecular complexity index is 191. The van der Waals surface area contributed by atoms with Crippen LogP contribution in [0.2, 0.25) is 0 Å². The second-order valence-corrected chi connectivity index (χ2v) is 3.66. The monoisotopic (exact) mass is 165 g/mol. The Morgan fingerprint density at radius 1 is 1.58 bits per heavy atom. The topological polar surface area (TPSA) is 12.4 Å². The molecule has 0 unspecified atom stereocenters. The van der Waals surface area contributed by atoms with Gasteiger partial charge in [-0.05, 0) is 44.2 Å².